The van der Waals surface area contributed by atoms with Crippen LogP contribution in [0.2, 0.25) is 0 Å². The van der Waals surface area contributed by atoms with Gasteiger partial charge < -0.3 is 14.0 Å². The maximum absolute atomic E-state index is 10.9. The molecule has 0 saturated carbocycles. The number of carbonyl (C=O) groups excluding carboxylic acids is 1. The van der Waals surface area contributed by atoms with Crippen LogP contribution in [0.5, 0.6) is 0 Å². The topological polar surface area (TPSA) is 55.8 Å². The highest BCUT2D eigenvalue weighted by Crippen LogP contribution is 2.33. The molecule has 1 heterocycles. The van der Waals surface area contributed by atoms with Crippen LogP contribution in [0, 0.1) is 0 Å². The normalized spacial score (nSPS) is 18.2. The zero-order valence-electron chi connectivity index (χ0n) is 9.07. The first-order valence-corrected chi connectivity index (χ1v) is 6.36. The third-order valence-electron chi connectivity index (χ3n) is 1.71. The molecular weight excluding hydrogens is 228 g/mol. The van der Waals surface area contributed by atoms with Crippen molar-refractivity contribution in [1.82, 2.24) is 0 Å². The molecule has 0 amide bonds. The minimum absolute atomic E-state index is 0.0419. The zero-order chi connectivity index (χ0) is 11.8. The molecule has 1 aliphatic rings. The van der Waals surface area contributed by atoms with Gasteiger partial charge >= 0.3 is 5.97 Å². The van der Waals surface area contributed by atoms with Crippen LogP contribution in [0.15, 0.2) is 35.1 Å². The van der Waals surface area contributed by atoms with Crippen LogP contribution < -0.4 is 0 Å². The third kappa shape index (κ3) is 5.16. The van der Waals surface area contributed by atoms with Gasteiger partial charge in [0.1, 0.15) is 12.7 Å². The number of thiol groups is 1. The summed E-state index contributed by atoms with van der Waals surface area (Å²) in [4.78, 5) is 10.9. The smallest absolute Gasteiger partial charge is 0.330 e. The predicted octanol–water partition coefficient (Wildman–Crippen LogP) is 1.44. The molecule has 0 saturated heterocycles. The number of aliphatic hydroxyl groups is 1. The summed E-state index contributed by atoms with van der Waals surface area (Å²) in [6, 6.07) is 0. The zero-order valence-corrected chi connectivity index (χ0v) is 9.97. The van der Waals surface area contributed by atoms with E-state index < -0.39 is 23.2 Å². The number of aliphatic hydroxyl groups excluding tert-OH is 1. The van der Waals surface area contributed by atoms with E-state index in [-0.39, 0.29) is 13.2 Å². The number of ether oxygens (including phenoxy) is 1. The molecule has 0 aromatic rings. The summed E-state index contributed by atoms with van der Waals surface area (Å²) < 4.78 is 10.2. The van der Waals surface area contributed by atoms with E-state index in [4.69, 9.17) is 8.92 Å². The second kappa shape index (κ2) is 7.27. The number of allylic oxidation sites excluding steroid dienone is 3. The van der Waals surface area contributed by atoms with Crippen molar-refractivity contribution in [3.8, 4) is 0 Å². The average molecular weight is 244 g/mol. The van der Waals surface area contributed by atoms with Gasteiger partial charge in [0.05, 0.1) is 6.61 Å². The van der Waals surface area contributed by atoms with E-state index >= 15 is 0 Å². The predicted molar refractivity (Wildman–Crippen MR) is 65.0 cm³/mol. The molecule has 0 aromatic carbocycles. The fraction of sp³-hybridized carbons (Fsp3) is 0.364. The molecule has 0 aliphatic carbocycles. The first-order valence-electron chi connectivity index (χ1n) is 4.96. The molecule has 1 rings (SSSR count). The molecule has 1 unspecified atom stereocenters. The average Bonchev–Trinajstić information content (AvgIpc) is 2.77. The second-order valence-electron chi connectivity index (χ2n) is 3.12. The minimum Gasteiger partial charge on any atom is -0.460 e. The molecule has 90 valence electrons. The van der Waals surface area contributed by atoms with Crippen LogP contribution >= 0.6 is 11.2 Å². The van der Waals surface area contributed by atoms with Crippen LogP contribution in [0.25, 0.3) is 0 Å². The molecule has 0 fully saturated rings. The molecular formula is C11H16O4S. The quantitative estimate of drug-likeness (QED) is 0.422. The van der Waals surface area contributed by atoms with E-state index in [9.17, 15) is 9.90 Å². The molecule has 16 heavy (non-hydrogen) atoms. The van der Waals surface area contributed by atoms with Crippen LogP contribution in [0.3, 0.4) is 0 Å². The van der Waals surface area contributed by atoms with E-state index in [1.54, 1.807) is 13.0 Å². The fourth-order valence-electron chi connectivity index (χ4n) is 0.988. The van der Waals surface area contributed by atoms with Gasteiger partial charge in [0.2, 0.25) is 0 Å². The monoisotopic (exact) mass is 244 g/mol. The standard InChI is InChI=1S/C11H16O4S/c1-2-5-11(13)14-8-10(12)9-15-16-6-3-4-7-16/h2-7,10,12,16H,8-9H2,1H3. The summed E-state index contributed by atoms with van der Waals surface area (Å²) in [5, 5.41) is 13.3. The molecule has 0 spiro atoms. The third-order valence-corrected chi connectivity index (χ3v) is 3.09. The molecule has 0 aromatic heterocycles. The van der Waals surface area contributed by atoms with Gasteiger partial charge in [-0.05, 0) is 17.7 Å². The Morgan fingerprint density at radius 2 is 2.12 bits per heavy atom. The Hall–Kier alpha value is -1.04. The lowest BCUT2D eigenvalue weighted by molar-refractivity contribution is -0.141. The molecule has 1 N–H and O–H groups in total. The number of hydrogen-bond acceptors (Lipinski definition) is 4. The maximum Gasteiger partial charge on any atom is 0.330 e. The number of carbonyl (C=O) groups is 1. The van der Waals surface area contributed by atoms with E-state index in [2.05, 4.69) is 0 Å². The Bertz CT molecular complexity index is 297. The Balaban J connectivity index is 2.10. The van der Waals surface area contributed by atoms with Crippen molar-refractivity contribution in [3.63, 3.8) is 0 Å². The second-order valence-corrected chi connectivity index (χ2v) is 4.70. The molecule has 5 heteroatoms. The molecule has 0 radical (unpaired) electrons. The van der Waals surface area contributed by atoms with Gasteiger partial charge in [0.25, 0.3) is 0 Å². The van der Waals surface area contributed by atoms with E-state index in [1.165, 1.54) is 6.08 Å². The van der Waals surface area contributed by atoms with Gasteiger partial charge in [-0.2, -0.15) is 0 Å². The first-order chi connectivity index (χ1) is 7.72. The molecule has 1 atom stereocenters. The van der Waals surface area contributed by atoms with Gasteiger partial charge in [-0.3, -0.25) is 0 Å². The van der Waals surface area contributed by atoms with Crippen molar-refractivity contribution >= 4 is 17.1 Å². The first kappa shape index (κ1) is 13.0. The minimum atomic E-state index is -0.779. The Labute approximate surface area is 97.8 Å². The SMILES string of the molecule is CC=CC(=O)OCC(O)CO[SH]1C=CC=C1. The highest BCUT2D eigenvalue weighted by molar-refractivity contribution is 8.18. The largest absolute Gasteiger partial charge is 0.460 e. The fourth-order valence-corrected chi connectivity index (χ4v) is 2.14. The van der Waals surface area contributed by atoms with Gasteiger partial charge in [0, 0.05) is 6.08 Å². The lowest BCUT2D eigenvalue weighted by Gasteiger charge is -2.15. The van der Waals surface area contributed by atoms with Gasteiger partial charge in [-0.1, -0.05) is 18.2 Å². The highest BCUT2D eigenvalue weighted by atomic mass is 32.2. The summed E-state index contributed by atoms with van der Waals surface area (Å²) in [6.45, 7) is 1.85. The molecule has 4 nitrogen and oxygen atoms in total. The Kier molecular flexibility index (Phi) is 5.92. The van der Waals surface area contributed by atoms with Gasteiger partial charge in [0.15, 0.2) is 0 Å². The van der Waals surface area contributed by atoms with E-state index in [1.807, 2.05) is 23.0 Å². The van der Waals surface area contributed by atoms with Gasteiger partial charge in [-0.25, -0.2) is 4.79 Å². The molecule has 1 aliphatic heterocycles. The molecule has 0 bridgehead atoms. The van der Waals surface area contributed by atoms with Crippen LogP contribution in [-0.4, -0.2) is 30.4 Å². The van der Waals surface area contributed by atoms with Gasteiger partial charge in [-0.15, -0.1) is 11.2 Å². The van der Waals surface area contributed by atoms with Crippen LogP contribution in [0.1, 0.15) is 6.92 Å². The summed E-state index contributed by atoms with van der Waals surface area (Å²) >= 11 is -0.686. The lowest BCUT2D eigenvalue weighted by atomic mass is 10.4. The number of hydrogen-bond donors (Lipinski definition) is 2. The van der Waals surface area contributed by atoms with Crippen molar-refractivity contribution in [1.29, 1.82) is 0 Å². The van der Waals surface area contributed by atoms with Crippen LogP contribution in [0.4, 0.5) is 0 Å². The Morgan fingerprint density at radius 3 is 2.75 bits per heavy atom. The van der Waals surface area contributed by atoms with Crippen molar-refractivity contribution in [2.45, 2.75) is 13.0 Å². The number of esters is 1. The van der Waals surface area contributed by atoms with Crippen LogP contribution in [-0.2, 0) is 13.7 Å². The summed E-state index contributed by atoms with van der Waals surface area (Å²) in [7, 11) is 0. The van der Waals surface area contributed by atoms with Crippen molar-refractivity contribution < 1.29 is 18.8 Å². The number of rotatable bonds is 6. The maximum atomic E-state index is 10.9. The van der Waals surface area contributed by atoms with Crippen molar-refractivity contribution in [3.05, 3.63) is 35.1 Å². The van der Waals surface area contributed by atoms with E-state index in [0.29, 0.717) is 0 Å². The summed E-state index contributed by atoms with van der Waals surface area (Å²) in [6.07, 6.45) is 5.93. The van der Waals surface area contributed by atoms with Crippen molar-refractivity contribution in [2.24, 2.45) is 0 Å². The van der Waals surface area contributed by atoms with Crippen molar-refractivity contribution in [2.75, 3.05) is 13.2 Å². The summed E-state index contributed by atoms with van der Waals surface area (Å²) in [5.41, 5.74) is 0. The highest BCUT2D eigenvalue weighted by Gasteiger charge is 2.09. The van der Waals surface area contributed by atoms with E-state index in [0.717, 1.165) is 0 Å². The Morgan fingerprint density at radius 1 is 1.44 bits per heavy atom. The summed E-state index contributed by atoms with van der Waals surface area (Å²) in [5.74, 6) is -0.451. The lowest BCUT2D eigenvalue weighted by Crippen LogP contribution is -2.22.